The van der Waals surface area contributed by atoms with Crippen molar-refractivity contribution in [1.82, 2.24) is 14.8 Å². The van der Waals surface area contributed by atoms with Gasteiger partial charge in [0.05, 0.1) is 11.4 Å². The molecule has 10 heteroatoms. The van der Waals surface area contributed by atoms with E-state index in [2.05, 4.69) is 22.1 Å². The number of nitrogens with one attached hydrogen (secondary N) is 1. The summed E-state index contributed by atoms with van der Waals surface area (Å²) in [5, 5.41) is 11.1. The quantitative estimate of drug-likeness (QED) is 0.378. The molecule has 0 spiro atoms. The molecule has 6 nitrogen and oxygen atoms in total. The Morgan fingerprint density at radius 2 is 1.90 bits per heavy atom. The number of nitrogens with zero attached hydrogens (tertiary/aromatic N) is 3. The first-order chi connectivity index (χ1) is 14.9. The third-order valence-electron chi connectivity index (χ3n) is 4.08. The number of carbonyl (C=O) groups is 1. The van der Waals surface area contributed by atoms with Crippen LogP contribution in [0, 0.1) is 17.5 Å². The lowest BCUT2D eigenvalue weighted by Gasteiger charge is -2.15. The van der Waals surface area contributed by atoms with Crippen molar-refractivity contribution in [1.29, 1.82) is 0 Å². The highest BCUT2D eigenvalue weighted by Gasteiger charge is 2.20. The van der Waals surface area contributed by atoms with Crippen LogP contribution in [0.3, 0.4) is 0 Å². The third kappa shape index (κ3) is 5.88. The summed E-state index contributed by atoms with van der Waals surface area (Å²) in [5.74, 6) is -1.55. The van der Waals surface area contributed by atoms with E-state index < -0.39 is 23.6 Å². The maximum atomic E-state index is 13.7. The topological polar surface area (TPSA) is 69.0 Å². The largest absolute Gasteiger partial charge is 0.483 e. The highest BCUT2D eigenvalue weighted by molar-refractivity contribution is 7.99. The van der Waals surface area contributed by atoms with E-state index in [1.807, 2.05) is 0 Å². The Morgan fingerprint density at radius 3 is 2.58 bits per heavy atom. The summed E-state index contributed by atoms with van der Waals surface area (Å²) in [4.78, 5) is 12.2. The van der Waals surface area contributed by atoms with Crippen molar-refractivity contribution in [2.45, 2.75) is 24.7 Å². The Kier molecular flexibility index (Phi) is 7.35. The van der Waals surface area contributed by atoms with Gasteiger partial charge in [0.15, 0.2) is 17.1 Å². The van der Waals surface area contributed by atoms with E-state index in [-0.39, 0.29) is 17.3 Å². The maximum Gasteiger partial charge on any atom is 0.234 e. The molecule has 0 aliphatic heterocycles. The second-order valence-electron chi connectivity index (χ2n) is 6.42. The number of ether oxygens (including phenoxy) is 1. The predicted octanol–water partition coefficient (Wildman–Crippen LogP) is 4.75. The molecule has 2 aromatic carbocycles. The molecule has 1 heterocycles. The van der Waals surface area contributed by atoms with Gasteiger partial charge in [0.2, 0.25) is 5.91 Å². The molecule has 1 unspecified atom stereocenters. The van der Waals surface area contributed by atoms with E-state index in [9.17, 15) is 18.0 Å². The van der Waals surface area contributed by atoms with Crippen LogP contribution in [0.5, 0.6) is 5.75 Å². The van der Waals surface area contributed by atoms with E-state index in [4.69, 9.17) is 4.74 Å². The van der Waals surface area contributed by atoms with Crippen molar-refractivity contribution in [2.75, 3.05) is 11.1 Å². The van der Waals surface area contributed by atoms with Crippen LogP contribution in [0.4, 0.5) is 18.9 Å². The van der Waals surface area contributed by atoms with Gasteiger partial charge >= 0.3 is 0 Å². The molecule has 3 aromatic rings. The number of rotatable bonds is 9. The second kappa shape index (κ2) is 10.2. The molecular weight excluding hydrogens is 429 g/mol. The molecule has 0 fully saturated rings. The van der Waals surface area contributed by atoms with Crippen LogP contribution in [0.2, 0.25) is 0 Å². The highest BCUT2D eigenvalue weighted by Crippen LogP contribution is 2.25. The zero-order valence-corrected chi connectivity index (χ0v) is 17.3. The fourth-order valence-electron chi connectivity index (χ4n) is 2.69. The molecule has 1 amide bonds. The van der Waals surface area contributed by atoms with Crippen molar-refractivity contribution in [3.05, 3.63) is 78.4 Å². The van der Waals surface area contributed by atoms with E-state index in [0.717, 1.165) is 23.9 Å². The van der Waals surface area contributed by atoms with Gasteiger partial charge in [0.1, 0.15) is 23.2 Å². The zero-order chi connectivity index (χ0) is 22.4. The first kappa shape index (κ1) is 22.4. The first-order valence-corrected chi connectivity index (χ1v) is 10.2. The molecule has 0 radical (unpaired) electrons. The fourth-order valence-corrected chi connectivity index (χ4v) is 3.44. The summed E-state index contributed by atoms with van der Waals surface area (Å²) in [6, 6.07) is 8.50. The normalized spacial score (nSPS) is 11.7. The monoisotopic (exact) mass is 448 g/mol. The lowest BCUT2D eigenvalue weighted by atomic mass is 10.3. The van der Waals surface area contributed by atoms with Crippen molar-refractivity contribution < 1.29 is 22.7 Å². The van der Waals surface area contributed by atoms with Crippen molar-refractivity contribution in [3.8, 4) is 5.75 Å². The minimum absolute atomic E-state index is 0.0701. The Bertz CT molecular complexity index is 1070. The number of anilines is 1. The Balaban J connectivity index is 1.67. The number of hydrogen-bond donors (Lipinski definition) is 1. The highest BCUT2D eigenvalue weighted by atomic mass is 32.2. The average molecular weight is 448 g/mol. The number of aromatic nitrogens is 3. The SMILES string of the molecule is C=CCn1c(SCC(=O)Nc2ccc(F)cc2F)nnc1C(C)Oc1ccc(F)cc1. The Morgan fingerprint density at radius 1 is 1.19 bits per heavy atom. The van der Waals surface area contributed by atoms with Crippen LogP contribution in [-0.4, -0.2) is 26.4 Å². The number of thioether (sulfide) groups is 1. The van der Waals surface area contributed by atoms with Gasteiger partial charge in [-0.2, -0.15) is 0 Å². The van der Waals surface area contributed by atoms with Gasteiger partial charge in [-0.15, -0.1) is 16.8 Å². The van der Waals surface area contributed by atoms with Gasteiger partial charge in [0, 0.05) is 12.6 Å². The number of halogens is 3. The lowest BCUT2D eigenvalue weighted by Crippen LogP contribution is -2.16. The number of amides is 1. The molecule has 0 aliphatic carbocycles. The summed E-state index contributed by atoms with van der Waals surface area (Å²) in [6.45, 7) is 5.86. The maximum absolute atomic E-state index is 13.7. The van der Waals surface area contributed by atoms with Gasteiger partial charge in [-0.3, -0.25) is 9.36 Å². The Labute approximate surface area is 181 Å². The molecule has 0 aliphatic rings. The van der Waals surface area contributed by atoms with E-state index in [0.29, 0.717) is 29.3 Å². The molecule has 3 rings (SSSR count). The zero-order valence-electron chi connectivity index (χ0n) is 16.5. The van der Waals surface area contributed by atoms with Crippen LogP contribution < -0.4 is 10.1 Å². The van der Waals surface area contributed by atoms with Crippen molar-refractivity contribution in [3.63, 3.8) is 0 Å². The van der Waals surface area contributed by atoms with Gasteiger partial charge in [-0.05, 0) is 43.3 Å². The minimum atomic E-state index is -0.859. The summed E-state index contributed by atoms with van der Waals surface area (Å²) in [6.07, 6.45) is 1.14. The average Bonchev–Trinajstić information content (AvgIpc) is 3.13. The standard InChI is InChI=1S/C21H19F3N4O2S/c1-3-10-28-20(13(2)30-16-7-4-14(22)5-8-16)26-27-21(28)31-12-19(29)25-18-9-6-15(23)11-17(18)24/h3-9,11,13H,1,10,12H2,2H3,(H,25,29). The number of carbonyl (C=O) groups excluding carboxylic acids is 1. The summed E-state index contributed by atoms with van der Waals surface area (Å²) >= 11 is 1.10. The van der Waals surface area contributed by atoms with Gasteiger partial charge < -0.3 is 10.1 Å². The first-order valence-electron chi connectivity index (χ1n) is 9.21. The summed E-state index contributed by atoms with van der Waals surface area (Å²) in [7, 11) is 0. The van der Waals surface area contributed by atoms with Crippen molar-refractivity contribution >= 4 is 23.4 Å². The Hall–Kier alpha value is -3.27. The minimum Gasteiger partial charge on any atom is -0.483 e. The second-order valence-corrected chi connectivity index (χ2v) is 7.36. The molecule has 1 N–H and O–H groups in total. The predicted molar refractivity (Wildman–Crippen MR) is 111 cm³/mol. The van der Waals surface area contributed by atoms with E-state index in [1.165, 1.54) is 24.3 Å². The molecule has 0 saturated carbocycles. The molecule has 1 atom stereocenters. The smallest absolute Gasteiger partial charge is 0.234 e. The van der Waals surface area contributed by atoms with Gasteiger partial charge in [-0.1, -0.05) is 17.8 Å². The summed E-state index contributed by atoms with van der Waals surface area (Å²) < 4.78 is 47.3. The van der Waals surface area contributed by atoms with Gasteiger partial charge in [-0.25, -0.2) is 13.2 Å². The number of allylic oxidation sites excluding steroid dienone is 1. The molecular formula is C21H19F3N4O2S. The van der Waals surface area contributed by atoms with E-state index in [1.54, 1.807) is 17.6 Å². The molecule has 162 valence electrons. The van der Waals surface area contributed by atoms with Crippen LogP contribution in [0.25, 0.3) is 0 Å². The third-order valence-corrected chi connectivity index (χ3v) is 5.05. The van der Waals surface area contributed by atoms with Crippen molar-refractivity contribution in [2.24, 2.45) is 0 Å². The fraction of sp³-hybridized carbons (Fsp3) is 0.190. The van der Waals surface area contributed by atoms with Crippen LogP contribution in [0.1, 0.15) is 18.9 Å². The van der Waals surface area contributed by atoms with Gasteiger partial charge in [0.25, 0.3) is 0 Å². The number of hydrogen-bond acceptors (Lipinski definition) is 5. The van der Waals surface area contributed by atoms with Crippen LogP contribution in [0.15, 0.2) is 60.3 Å². The lowest BCUT2D eigenvalue weighted by molar-refractivity contribution is -0.113. The number of benzene rings is 2. The molecule has 1 aromatic heterocycles. The van der Waals surface area contributed by atoms with Crippen LogP contribution >= 0.6 is 11.8 Å². The van der Waals surface area contributed by atoms with Crippen LogP contribution in [-0.2, 0) is 11.3 Å². The molecule has 0 bridgehead atoms. The summed E-state index contributed by atoms with van der Waals surface area (Å²) in [5.41, 5.74) is -0.110. The molecule has 0 saturated heterocycles. The van der Waals surface area contributed by atoms with E-state index >= 15 is 0 Å². The molecule has 31 heavy (non-hydrogen) atoms.